The highest BCUT2D eigenvalue weighted by Gasteiger charge is 2.28. The third-order valence-electron chi connectivity index (χ3n) is 4.77. The van der Waals surface area contributed by atoms with Crippen molar-refractivity contribution in [3.8, 4) is 0 Å². The molecule has 1 amide bonds. The fraction of sp³-hybridized carbons (Fsp3) is 0.632. The highest BCUT2D eigenvalue weighted by atomic mass is 35.5. The van der Waals surface area contributed by atoms with Crippen LogP contribution in [0.4, 0.5) is 0 Å². The van der Waals surface area contributed by atoms with E-state index in [2.05, 4.69) is 55.3 Å². The average molecular weight is 339 g/mol. The molecule has 0 aliphatic carbocycles. The van der Waals surface area contributed by atoms with Crippen LogP contribution in [0.2, 0.25) is 0 Å². The number of likely N-dealkylation sites (N-methyl/N-ethyl adjacent to an activating group) is 1. The molecule has 1 aliphatic heterocycles. The first kappa shape index (κ1) is 20.0. The molecule has 1 fully saturated rings. The maximum absolute atomic E-state index is 12.9. The topological polar surface area (TPSA) is 32.3 Å². The first-order chi connectivity index (χ1) is 10.7. The number of hydrogen-bond donors (Lipinski definition) is 1. The monoisotopic (exact) mass is 338 g/mol. The maximum atomic E-state index is 12.9. The first-order valence-corrected chi connectivity index (χ1v) is 8.72. The Kier molecular flexibility index (Phi) is 8.64. The lowest BCUT2D eigenvalue weighted by molar-refractivity contribution is -0.138. The Morgan fingerprint density at radius 3 is 2.52 bits per heavy atom. The van der Waals surface area contributed by atoms with Crippen molar-refractivity contribution in [2.24, 2.45) is 5.92 Å². The third kappa shape index (κ3) is 5.50. The summed E-state index contributed by atoms with van der Waals surface area (Å²) in [6, 6.07) is 9.01. The number of hydrogen-bond acceptors (Lipinski definition) is 2. The highest BCUT2D eigenvalue weighted by Crippen LogP contribution is 2.19. The molecule has 23 heavy (non-hydrogen) atoms. The summed E-state index contributed by atoms with van der Waals surface area (Å²) >= 11 is 0. The van der Waals surface area contributed by atoms with Gasteiger partial charge in [0.05, 0.1) is 5.92 Å². The lowest BCUT2D eigenvalue weighted by Gasteiger charge is -2.34. The molecule has 2 atom stereocenters. The molecule has 1 saturated heterocycles. The van der Waals surface area contributed by atoms with Gasteiger partial charge in [-0.05, 0) is 51.6 Å². The second kappa shape index (κ2) is 9.94. The van der Waals surface area contributed by atoms with Crippen LogP contribution >= 0.6 is 12.4 Å². The van der Waals surface area contributed by atoms with Crippen LogP contribution in [0.5, 0.6) is 0 Å². The standard InChI is InChI=1S/C19H30N2O.ClH/c1-4-18(13-16-10-8-15(3)9-11-16)21(5-2)19(22)17-7-6-12-20-14-17;/h8-11,17-18,20H,4-7,12-14H2,1-3H3;1H. The van der Waals surface area contributed by atoms with Gasteiger partial charge in [-0.3, -0.25) is 4.79 Å². The fourth-order valence-corrected chi connectivity index (χ4v) is 3.36. The summed E-state index contributed by atoms with van der Waals surface area (Å²) in [5.74, 6) is 0.509. The van der Waals surface area contributed by atoms with E-state index >= 15 is 0 Å². The van der Waals surface area contributed by atoms with Crippen molar-refractivity contribution >= 4 is 18.3 Å². The molecule has 1 heterocycles. The minimum atomic E-state index is 0. The Morgan fingerprint density at radius 2 is 2.00 bits per heavy atom. The zero-order valence-electron chi connectivity index (χ0n) is 14.7. The van der Waals surface area contributed by atoms with Crippen LogP contribution in [0.25, 0.3) is 0 Å². The molecule has 0 bridgehead atoms. The van der Waals surface area contributed by atoms with E-state index in [0.29, 0.717) is 11.9 Å². The van der Waals surface area contributed by atoms with Crippen LogP contribution in [-0.2, 0) is 11.2 Å². The molecular formula is C19H31ClN2O. The number of piperidine rings is 1. The van der Waals surface area contributed by atoms with E-state index in [4.69, 9.17) is 0 Å². The van der Waals surface area contributed by atoms with Crippen LogP contribution in [0.15, 0.2) is 24.3 Å². The Morgan fingerprint density at radius 1 is 1.30 bits per heavy atom. The molecule has 3 nitrogen and oxygen atoms in total. The van der Waals surface area contributed by atoms with E-state index in [1.54, 1.807) is 0 Å². The number of benzene rings is 1. The number of nitrogens with zero attached hydrogens (tertiary/aromatic N) is 1. The van der Waals surface area contributed by atoms with E-state index < -0.39 is 0 Å². The third-order valence-corrected chi connectivity index (χ3v) is 4.77. The number of carbonyl (C=O) groups is 1. The van der Waals surface area contributed by atoms with E-state index in [9.17, 15) is 4.79 Å². The molecule has 130 valence electrons. The molecule has 0 spiro atoms. The Bertz CT molecular complexity index is 469. The van der Waals surface area contributed by atoms with Gasteiger partial charge in [0.1, 0.15) is 0 Å². The fourth-order valence-electron chi connectivity index (χ4n) is 3.36. The second-order valence-electron chi connectivity index (χ2n) is 6.42. The van der Waals surface area contributed by atoms with Crippen LogP contribution in [0, 0.1) is 12.8 Å². The quantitative estimate of drug-likeness (QED) is 0.859. The number of amides is 1. The second-order valence-corrected chi connectivity index (χ2v) is 6.42. The number of halogens is 1. The summed E-state index contributed by atoms with van der Waals surface area (Å²) in [5, 5.41) is 3.36. The van der Waals surface area contributed by atoms with Crippen LogP contribution in [-0.4, -0.2) is 36.5 Å². The van der Waals surface area contributed by atoms with Crippen LogP contribution in [0.1, 0.15) is 44.2 Å². The van der Waals surface area contributed by atoms with Crippen molar-refractivity contribution in [1.82, 2.24) is 10.2 Å². The number of rotatable bonds is 6. The minimum absolute atomic E-state index is 0. The van der Waals surface area contributed by atoms with Gasteiger partial charge in [0.2, 0.25) is 5.91 Å². The molecule has 2 unspecified atom stereocenters. The van der Waals surface area contributed by atoms with Crippen molar-refractivity contribution in [1.29, 1.82) is 0 Å². The predicted octanol–water partition coefficient (Wildman–Crippen LogP) is 3.59. The normalized spacial score (nSPS) is 18.8. The van der Waals surface area contributed by atoms with E-state index in [0.717, 1.165) is 45.3 Å². The summed E-state index contributed by atoms with van der Waals surface area (Å²) in [5.41, 5.74) is 2.61. The van der Waals surface area contributed by atoms with Gasteiger partial charge >= 0.3 is 0 Å². The van der Waals surface area contributed by atoms with Gasteiger partial charge < -0.3 is 10.2 Å². The zero-order chi connectivity index (χ0) is 15.9. The SMILES string of the molecule is CCC(Cc1ccc(C)cc1)N(CC)C(=O)C1CCCNC1.Cl. The summed E-state index contributed by atoms with van der Waals surface area (Å²) in [7, 11) is 0. The smallest absolute Gasteiger partial charge is 0.227 e. The number of carbonyl (C=O) groups excluding carboxylic acids is 1. The number of aryl methyl sites for hydroxylation is 1. The Hall–Kier alpha value is -1.06. The molecule has 4 heteroatoms. The lowest BCUT2D eigenvalue weighted by Crippen LogP contribution is -2.48. The van der Waals surface area contributed by atoms with Gasteiger partial charge in [0, 0.05) is 19.1 Å². The molecule has 2 rings (SSSR count). The molecule has 0 aromatic heterocycles. The lowest BCUT2D eigenvalue weighted by atomic mass is 9.95. The van der Waals surface area contributed by atoms with Crippen molar-refractivity contribution in [2.75, 3.05) is 19.6 Å². The van der Waals surface area contributed by atoms with Crippen molar-refractivity contribution in [3.63, 3.8) is 0 Å². The number of nitrogens with one attached hydrogen (secondary N) is 1. The summed E-state index contributed by atoms with van der Waals surface area (Å²) in [6.45, 7) is 9.10. The molecule has 1 aromatic rings. The predicted molar refractivity (Wildman–Crippen MR) is 99.2 cm³/mol. The molecular weight excluding hydrogens is 308 g/mol. The summed E-state index contributed by atoms with van der Waals surface area (Å²) < 4.78 is 0. The van der Waals surface area contributed by atoms with E-state index in [1.165, 1.54) is 11.1 Å². The maximum Gasteiger partial charge on any atom is 0.227 e. The van der Waals surface area contributed by atoms with Gasteiger partial charge in [0.15, 0.2) is 0 Å². The molecule has 0 saturated carbocycles. The van der Waals surface area contributed by atoms with E-state index in [1.807, 2.05) is 0 Å². The Balaban J connectivity index is 0.00000264. The molecule has 1 aromatic carbocycles. The molecule has 1 aliphatic rings. The summed E-state index contributed by atoms with van der Waals surface area (Å²) in [4.78, 5) is 15.0. The molecule has 1 N–H and O–H groups in total. The van der Waals surface area contributed by atoms with Crippen LogP contribution in [0.3, 0.4) is 0 Å². The van der Waals surface area contributed by atoms with Gasteiger partial charge in [0.25, 0.3) is 0 Å². The van der Waals surface area contributed by atoms with Gasteiger partial charge in [-0.2, -0.15) is 0 Å². The first-order valence-electron chi connectivity index (χ1n) is 8.72. The largest absolute Gasteiger partial charge is 0.339 e. The summed E-state index contributed by atoms with van der Waals surface area (Å²) in [6.07, 6.45) is 4.11. The van der Waals surface area contributed by atoms with E-state index in [-0.39, 0.29) is 18.3 Å². The zero-order valence-corrected chi connectivity index (χ0v) is 15.5. The van der Waals surface area contributed by atoms with Crippen LogP contribution < -0.4 is 5.32 Å². The van der Waals surface area contributed by atoms with Gasteiger partial charge in [-0.25, -0.2) is 0 Å². The van der Waals surface area contributed by atoms with Gasteiger partial charge in [-0.15, -0.1) is 12.4 Å². The van der Waals surface area contributed by atoms with Crippen molar-refractivity contribution in [3.05, 3.63) is 35.4 Å². The highest BCUT2D eigenvalue weighted by molar-refractivity contribution is 5.85. The molecule has 0 radical (unpaired) electrons. The van der Waals surface area contributed by atoms with Gasteiger partial charge in [-0.1, -0.05) is 36.8 Å². The minimum Gasteiger partial charge on any atom is -0.339 e. The van der Waals surface area contributed by atoms with Crippen molar-refractivity contribution in [2.45, 2.75) is 52.5 Å². The Labute approximate surface area is 147 Å². The average Bonchev–Trinajstić information content (AvgIpc) is 2.57. The van der Waals surface area contributed by atoms with Crippen molar-refractivity contribution < 1.29 is 4.79 Å².